The summed E-state index contributed by atoms with van der Waals surface area (Å²) in [6, 6.07) is 3.89. The van der Waals surface area contributed by atoms with Gasteiger partial charge in [-0.15, -0.1) is 0 Å². The fourth-order valence-electron chi connectivity index (χ4n) is 3.16. The smallest absolute Gasteiger partial charge is 0.317 e. The second-order valence-electron chi connectivity index (χ2n) is 6.34. The molecule has 3 heterocycles. The highest BCUT2D eigenvalue weighted by Gasteiger charge is 2.26. The van der Waals surface area contributed by atoms with E-state index in [0.29, 0.717) is 13.1 Å². The summed E-state index contributed by atoms with van der Waals surface area (Å²) < 4.78 is 7.32. The molecule has 130 valence electrons. The van der Waals surface area contributed by atoms with Crippen LogP contribution in [0.15, 0.2) is 35.2 Å². The van der Waals surface area contributed by atoms with Crippen molar-refractivity contribution in [3.05, 3.63) is 42.1 Å². The number of carbonyl (C=O) groups is 1. The molecule has 0 saturated carbocycles. The van der Waals surface area contributed by atoms with Gasteiger partial charge < -0.3 is 14.6 Å². The lowest BCUT2D eigenvalue weighted by atomic mass is 10.2. The van der Waals surface area contributed by atoms with E-state index in [-0.39, 0.29) is 12.1 Å². The van der Waals surface area contributed by atoms with E-state index in [0.717, 1.165) is 24.4 Å². The zero-order valence-electron chi connectivity index (χ0n) is 14.3. The number of amides is 2. The van der Waals surface area contributed by atoms with Crippen molar-refractivity contribution in [3.8, 4) is 0 Å². The number of aromatic nitrogens is 2. The molecule has 0 radical (unpaired) electrons. The SMILES string of the molecule is CN(Cc1cnn(C)c1)C(=O)NC[C@@H](c1ccco1)N1CCCC1. The molecule has 2 aromatic rings. The fraction of sp³-hybridized carbons (Fsp3) is 0.529. The van der Waals surface area contributed by atoms with Crippen LogP contribution in [0, 0.1) is 0 Å². The molecule has 1 atom stereocenters. The Morgan fingerprint density at radius 1 is 1.46 bits per heavy atom. The first-order valence-corrected chi connectivity index (χ1v) is 8.37. The lowest BCUT2D eigenvalue weighted by Gasteiger charge is -2.27. The average Bonchev–Trinajstić information content (AvgIpc) is 3.30. The molecule has 0 bridgehead atoms. The number of urea groups is 1. The van der Waals surface area contributed by atoms with Crippen LogP contribution in [-0.2, 0) is 13.6 Å². The standard InChI is InChI=1S/C17H25N5O2/c1-20(12-14-10-19-21(2)13-14)17(23)18-11-15(16-6-5-9-24-16)22-7-3-4-8-22/h5-6,9-10,13,15H,3-4,7-8,11-12H2,1-2H3,(H,18,23)/t15-/m0/s1. The summed E-state index contributed by atoms with van der Waals surface area (Å²) in [6.45, 7) is 3.18. The molecule has 1 aliphatic heterocycles. The molecule has 0 aliphatic carbocycles. The van der Waals surface area contributed by atoms with Crippen molar-refractivity contribution in [1.82, 2.24) is 24.9 Å². The van der Waals surface area contributed by atoms with Gasteiger partial charge in [-0.2, -0.15) is 5.10 Å². The first-order chi connectivity index (χ1) is 11.6. The first-order valence-electron chi connectivity index (χ1n) is 8.37. The predicted octanol–water partition coefficient (Wildman–Crippen LogP) is 1.99. The molecule has 2 aromatic heterocycles. The third-order valence-corrected chi connectivity index (χ3v) is 4.42. The molecule has 3 rings (SSSR count). The Bertz CT molecular complexity index is 646. The topological polar surface area (TPSA) is 66.5 Å². The van der Waals surface area contributed by atoms with Crippen LogP contribution in [0.3, 0.4) is 0 Å². The maximum absolute atomic E-state index is 12.4. The van der Waals surface area contributed by atoms with Gasteiger partial charge in [-0.3, -0.25) is 9.58 Å². The molecule has 0 spiro atoms. The first kappa shape index (κ1) is 16.6. The summed E-state index contributed by atoms with van der Waals surface area (Å²) in [5.41, 5.74) is 1.01. The van der Waals surface area contributed by atoms with E-state index in [1.54, 1.807) is 29.1 Å². The van der Waals surface area contributed by atoms with Crippen LogP contribution in [-0.4, -0.2) is 52.3 Å². The molecule has 0 unspecified atom stereocenters. The van der Waals surface area contributed by atoms with Gasteiger partial charge in [0.15, 0.2) is 0 Å². The van der Waals surface area contributed by atoms with E-state index in [2.05, 4.69) is 15.3 Å². The fourth-order valence-corrected chi connectivity index (χ4v) is 3.16. The van der Waals surface area contributed by atoms with E-state index in [4.69, 9.17) is 4.42 Å². The predicted molar refractivity (Wildman–Crippen MR) is 90.3 cm³/mol. The van der Waals surface area contributed by atoms with Crippen LogP contribution in [0.1, 0.15) is 30.2 Å². The van der Waals surface area contributed by atoms with E-state index < -0.39 is 0 Å². The zero-order valence-corrected chi connectivity index (χ0v) is 14.3. The summed E-state index contributed by atoms with van der Waals surface area (Å²) in [5.74, 6) is 0.909. The largest absolute Gasteiger partial charge is 0.468 e. The van der Waals surface area contributed by atoms with Crippen molar-refractivity contribution < 1.29 is 9.21 Å². The van der Waals surface area contributed by atoms with Crippen molar-refractivity contribution in [1.29, 1.82) is 0 Å². The van der Waals surface area contributed by atoms with E-state index in [9.17, 15) is 4.79 Å². The van der Waals surface area contributed by atoms with E-state index in [1.165, 1.54) is 12.8 Å². The molecule has 7 nitrogen and oxygen atoms in total. The molecule has 1 N–H and O–H groups in total. The molecule has 24 heavy (non-hydrogen) atoms. The van der Waals surface area contributed by atoms with Crippen LogP contribution in [0.4, 0.5) is 4.79 Å². The molecule has 1 fully saturated rings. The zero-order chi connectivity index (χ0) is 16.9. The second kappa shape index (κ2) is 7.53. The van der Waals surface area contributed by atoms with Gasteiger partial charge in [0, 0.05) is 32.4 Å². The Hall–Kier alpha value is -2.28. The molecule has 7 heteroatoms. The average molecular weight is 331 g/mol. The highest BCUT2D eigenvalue weighted by Crippen LogP contribution is 2.24. The molecular formula is C17H25N5O2. The minimum Gasteiger partial charge on any atom is -0.468 e. The van der Waals surface area contributed by atoms with Crippen molar-refractivity contribution >= 4 is 6.03 Å². The van der Waals surface area contributed by atoms with Gasteiger partial charge >= 0.3 is 6.03 Å². The molecular weight excluding hydrogens is 306 g/mol. The molecule has 0 aromatic carbocycles. The Kier molecular flexibility index (Phi) is 5.20. The number of nitrogens with one attached hydrogen (secondary N) is 1. The molecule has 1 aliphatic rings. The monoisotopic (exact) mass is 331 g/mol. The van der Waals surface area contributed by atoms with E-state index >= 15 is 0 Å². The molecule has 1 saturated heterocycles. The van der Waals surface area contributed by atoms with Crippen molar-refractivity contribution in [2.45, 2.75) is 25.4 Å². The minimum absolute atomic E-state index is 0.0883. The van der Waals surface area contributed by atoms with Crippen LogP contribution in [0.25, 0.3) is 0 Å². The summed E-state index contributed by atoms with van der Waals surface area (Å²) >= 11 is 0. The van der Waals surface area contributed by atoms with Crippen molar-refractivity contribution in [2.75, 3.05) is 26.7 Å². The number of likely N-dealkylation sites (tertiary alicyclic amines) is 1. The summed E-state index contributed by atoms with van der Waals surface area (Å²) in [4.78, 5) is 16.4. The third kappa shape index (κ3) is 3.97. The number of rotatable bonds is 6. The van der Waals surface area contributed by atoms with Crippen LogP contribution in [0.5, 0.6) is 0 Å². The highest BCUT2D eigenvalue weighted by molar-refractivity contribution is 5.73. The van der Waals surface area contributed by atoms with Crippen molar-refractivity contribution in [3.63, 3.8) is 0 Å². The Balaban J connectivity index is 1.56. The van der Waals surface area contributed by atoms with Gasteiger partial charge in [0.2, 0.25) is 0 Å². The summed E-state index contributed by atoms with van der Waals surface area (Å²) in [6.07, 6.45) is 7.78. The van der Waals surface area contributed by atoms with Gasteiger partial charge in [0.1, 0.15) is 5.76 Å². The lowest BCUT2D eigenvalue weighted by Crippen LogP contribution is -2.42. The Labute approximate surface area is 142 Å². The highest BCUT2D eigenvalue weighted by atomic mass is 16.3. The minimum atomic E-state index is -0.0883. The maximum Gasteiger partial charge on any atom is 0.317 e. The number of hydrogen-bond acceptors (Lipinski definition) is 4. The molecule has 2 amide bonds. The lowest BCUT2D eigenvalue weighted by molar-refractivity contribution is 0.187. The number of carbonyl (C=O) groups excluding carboxylic acids is 1. The number of furan rings is 1. The van der Waals surface area contributed by atoms with Crippen LogP contribution < -0.4 is 5.32 Å². The summed E-state index contributed by atoms with van der Waals surface area (Å²) in [5, 5.41) is 7.16. The van der Waals surface area contributed by atoms with Gasteiger partial charge in [-0.25, -0.2) is 4.79 Å². The number of aryl methyl sites for hydroxylation is 1. The Morgan fingerprint density at radius 3 is 2.88 bits per heavy atom. The second-order valence-corrected chi connectivity index (χ2v) is 6.34. The number of hydrogen-bond donors (Lipinski definition) is 1. The summed E-state index contributed by atoms with van der Waals surface area (Å²) in [7, 11) is 3.66. The van der Waals surface area contributed by atoms with Gasteiger partial charge in [0.05, 0.1) is 25.0 Å². The van der Waals surface area contributed by atoms with Crippen molar-refractivity contribution in [2.24, 2.45) is 7.05 Å². The van der Waals surface area contributed by atoms with E-state index in [1.807, 2.05) is 25.4 Å². The maximum atomic E-state index is 12.4. The quantitative estimate of drug-likeness (QED) is 0.879. The van der Waals surface area contributed by atoms with Gasteiger partial charge in [-0.05, 0) is 38.1 Å². The third-order valence-electron chi connectivity index (χ3n) is 4.42. The van der Waals surface area contributed by atoms with Crippen LogP contribution >= 0.6 is 0 Å². The number of nitrogens with zero attached hydrogens (tertiary/aromatic N) is 4. The Morgan fingerprint density at radius 2 is 2.25 bits per heavy atom. The normalized spacial score (nSPS) is 16.2. The van der Waals surface area contributed by atoms with Crippen LogP contribution in [0.2, 0.25) is 0 Å². The van der Waals surface area contributed by atoms with Gasteiger partial charge in [-0.1, -0.05) is 0 Å². The van der Waals surface area contributed by atoms with Gasteiger partial charge in [0.25, 0.3) is 0 Å².